The molecule has 31 heavy (non-hydrogen) atoms. The number of H-pyrrole nitrogens is 1. The molecule has 3 N–H and O–H groups in total. The lowest BCUT2D eigenvalue weighted by atomic mass is 10.1. The Morgan fingerprint density at radius 3 is 2.74 bits per heavy atom. The number of nitrogens with one attached hydrogen (secondary N) is 1. The van der Waals surface area contributed by atoms with Crippen molar-refractivity contribution in [2.24, 2.45) is 5.92 Å². The van der Waals surface area contributed by atoms with Crippen molar-refractivity contribution in [1.82, 2.24) is 14.5 Å². The van der Waals surface area contributed by atoms with Crippen molar-refractivity contribution in [3.05, 3.63) is 20.8 Å². The molecule has 2 atom stereocenters. The summed E-state index contributed by atoms with van der Waals surface area (Å²) >= 11 is 1.58. The molecular formula is C20H31N5O5S. The number of methoxy groups -OCH3 is 1. The van der Waals surface area contributed by atoms with E-state index in [-0.39, 0.29) is 35.8 Å². The van der Waals surface area contributed by atoms with E-state index in [1.165, 1.54) is 9.47 Å². The van der Waals surface area contributed by atoms with Crippen molar-refractivity contribution in [2.75, 3.05) is 36.6 Å². The van der Waals surface area contributed by atoms with Crippen molar-refractivity contribution < 1.29 is 14.3 Å². The van der Waals surface area contributed by atoms with E-state index >= 15 is 0 Å². The molecule has 0 radical (unpaired) electrons. The fraction of sp³-hybridized carbons (Fsp3) is 0.700. The normalized spacial score (nSPS) is 22.9. The first-order valence-electron chi connectivity index (χ1n) is 10.5. The fourth-order valence-corrected chi connectivity index (χ4v) is 5.69. The van der Waals surface area contributed by atoms with Gasteiger partial charge in [-0.25, -0.2) is 4.79 Å². The Balaban J connectivity index is 2.04. The lowest BCUT2D eigenvalue weighted by Gasteiger charge is -2.33. The third-order valence-corrected chi connectivity index (χ3v) is 7.26. The first-order valence-corrected chi connectivity index (χ1v) is 11.5. The smallest absolute Gasteiger partial charge is 0.330 e. The Hall–Kier alpha value is -2.27. The molecule has 2 saturated heterocycles. The van der Waals surface area contributed by atoms with Gasteiger partial charge in [-0.2, -0.15) is 0 Å². The number of carbonyl (C=O) groups excluding carboxylic acids is 2. The molecule has 0 aromatic carbocycles. The molecular weight excluding hydrogens is 422 g/mol. The van der Waals surface area contributed by atoms with Gasteiger partial charge in [0, 0.05) is 39.0 Å². The zero-order valence-corrected chi connectivity index (χ0v) is 19.3. The highest BCUT2D eigenvalue weighted by Crippen LogP contribution is 2.47. The summed E-state index contributed by atoms with van der Waals surface area (Å²) in [5.41, 5.74) is 4.90. The number of hydrogen-bond acceptors (Lipinski definition) is 7. The predicted molar refractivity (Wildman–Crippen MR) is 120 cm³/mol. The number of anilines is 2. The van der Waals surface area contributed by atoms with Crippen LogP contribution in [0.1, 0.15) is 40.0 Å². The second-order valence-corrected chi connectivity index (χ2v) is 10.1. The van der Waals surface area contributed by atoms with E-state index in [2.05, 4.69) is 4.98 Å². The SMILES string of the molecule is COCCCN(C(=O)[C@H]1CS[C@]2(C)CCC(=O)N12)c1c(N)n(CC(C)C)c(=O)[nH]c1=O. The number of aromatic nitrogens is 2. The first-order chi connectivity index (χ1) is 14.6. The van der Waals surface area contributed by atoms with E-state index in [9.17, 15) is 19.2 Å². The zero-order valence-electron chi connectivity index (χ0n) is 18.5. The lowest BCUT2D eigenvalue weighted by Crippen LogP contribution is -2.53. The molecule has 3 rings (SSSR count). The summed E-state index contributed by atoms with van der Waals surface area (Å²) < 4.78 is 6.40. The second kappa shape index (κ2) is 9.07. The molecule has 1 aromatic rings. The van der Waals surface area contributed by atoms with Crippen molar-refractivity contribution >= 4 is 35.1 Å². The summed E-state index contributed by atoms with van der Waals surface area (Å²) in [6.45, 7) is 6.68. The summed E-state index contributed by atoms with van der Waals surface area (Å²) in [6, 6.07) is -0.683. The molecule has 2 aliphatic heterocycles. The van der Waals surface area contributed by atoms with Gasteiger partial charge in [0.2, 0.25) is 5.91 Å². The summed E-state index contributed by atoms with van der Waals surface area (Å²) in [7, 11) is 1.55. The molecule has 2 aliphatic rings. The minimum atomic E-state index is -0.713. The van der Waals surface area contributed by atoms with Crippen molar-refractivity contribution in [1.29, 1.82) is 0 Å². The van der Waals surface area contributed by atoms with Crippen LogP contribution in [0.5, 0.6) is 0 Å². The zero-order chi connectivity index (χ0) is 22.9. The third kappa shape index (κ3) is 4.38. The highest BCUT2D eigenvalue weighted by molar-refractivity contribution is 8.01. The van der Waals surface area contributed by atoms with Gasteiger partial charge < -0.3 is 20.3 Å². The number of nitrogens with zero attached hydrogens (tertiary/aromatic N) is 3. The maximum Gasteiger partial charge on any atom is 0.330 e. The maximum atomic E-state index is 13.7. The fourth-order valence-electron chi connectivity index (χ4n) is 4.27. The highest BCUT2D eigenvalue weighted by Gasteiger charge is 2.54. The largest absolute Gasteiger partial charge is 0.385 e. The van der Waals surface area contributed by atoms with Crippen LogP contribution in [0.4, 0.5) is 11.5 Å². The van der Waals surface area contributed by atoms with E-state index in [1.807, 2.05) is 20.8 Å². The number of carbonyl (C=O) groups is 2. The van der Waals surface area contributed by atoms with E-state index in [4.69, 9.17) is 10.5 Å². The summed E-state index contributed by atoms with van der Waals surface area (Å²) in [4.78, 5) is 56.2. The van der Waals surface area contributed by atoms with E-state index in [0.29, 0.717) is 38.2 Å². The standard InChI is InChI=1S/C20H31N5O5S/c1-12(2)10-24-16(21)15(17(27)22-19(24)29)23(8-5-9-30-4)18(28)13-11-31-20(3)7-6-14(26)25(13)20/h12-13H,5-11,21H2,1-4H3,(H,22,27,29)/t13-,20-/m1/s1. The van der Waals surface area contributed by atoms with Crippen molar-refractivity contribution in [2.45, 2.75) is 57.5 Å². The van der Waals surface area contributed by atoms with Crippen LogP contribution in [-0.2, 0) is 20.9 Å². The topological polar surface area (TPSA) is 131 Å². The predicted octanol–water partition coefficient (Wildman–Crippen LogP) is 0.598. The molecule has 2 fully saturated rings. The van der Waals surface area contributed by atoms with E-state index in [1.54, 1.807) is 23.8 Å². The second-order valence-electron chi connectivity index (χ2n) is 8.60. The molecule has 172 valence electrons. The number of thioether (sulfide) groups is 1. The van der Waals surface area contributed by atoms with Gasteiger partial charge in [-0.3, -0.25) is 23.9 Å². The van der Waals surface area contributed by atoms with Gasteiger partial charge >= 0.3 is 5.69 Å². The number of fused-ring (bicyclic) bond motifs is 1. The van der Waals surface area contributed by atoms with Crippen LogP contribution in [0.15, 0.2) is 9.59 Å². The van der Waals surface area contributed by atoms with Crippen LogP contribution in [-0.4, -0.2) is 63.2 Å². The number of aromatic amines is 1. The molecule has 0 spiro atoms. The molecule has 10 nitrogen and oxygen atoms in total. The molecule has 1 aromatic heterocycles. The average Bonchev–Trinajstić information content (AvgIpc) is 3.19. The van der Waals surface area contributed by atoms with E-state index < -0.39 is 22.2 Å². The van der Waals surface area contributed by atoms with Crippen molar-refractivity contribution in [3.63, 3.8) is 0 Å². The third-order valence-electron chi connectivity index (χ3n) is 5.76. The summed E-state index contributed by atoms with van der Waals surface area (Å²) in [5.74, 6) is 0.0782. The number of amides is 2. The van der Waals surface area contributed by atoms with Gasteiger partial charge in [0.25, 0.3) is 11.5 Å². The molecule has 2 amide bonds. The summed E-state index contributed by atoms with van der Waals surface area (Å²) in [5, 5.41) is 0. The van der Waals surface area contributed by atoms with Crippen LogP contribution in [0.2, 0.25) is 0 Å². The van der Waals surface area contributed by atoms with Gasteiger partial charge in [-0.05, 0) is 25.7 Å². The Morgan fingerprint density at radius 1 is 1.39 bits per heavy atom. The van der Waals surface area contributed by atoms with Gasteiger partial charge in [0.15, 0.2) is 5.69 Å². The molecule has 0 aliphatic carbocycles. The lowest BCUT2D eigenvalue weighted by molar-refractivity contribution is -0.136. The quantitative estimate of drug-likeness (QED) is 0.551. The van der Waals surface area contributed by atoms with Crippen LogP contribution < -0.4 is 21.9 Å². The molecule has 0 saturated carbocycles. The molecule has 0 unspecified atom stereocenters. The molecule has 0 bridgehead atoms. The number of nitrogen functional groups attached to an aromatic ring is 1. The Kier molecular flexibility index (Phi) is 6.85. The van der Waals surface area contributed by atoms with Gasteiger partial charge in [-0.15, -0.1) is 11.8 Å². The monoisotopic (exact) mass is 453 g/mol. The minimum Gasteiger partial charge on any atom is -0.385 e. The number of ether oxygens (including phenoxy) is 1. The van der Waals surface area contributed by atoms with Gasteiger partial charge in [0.1, 0.15) is 11.9 Å². The first kappa shape index (κ1) is 23.4. The number of rotatable bonds is 8. The van der Waals surface area contributed by atoms with Gasteiger partial charge in [-0.1, -0.05) is 13.8 Å². The Morgan fingerprint density at radius 2 is 2.10 bits per heavy atom. The number of hydrogen-bond donors (Lipinski definition) is 2. The van der Waals surface area contributed by atoms with Crippen LogP contribution in [0, 0.1) is 5.92 Å². The number of nitrogens with two attached hydrogens (primary N) is 1. The Labute approximate surface area is 185 Å². The van der Waals surface area contributed by atoms with Gasteiger partial charge in [0.05, 0.1) is 4.87 Å². The van der Waals surface area contributed by atoms with Crippen LogP contribution in [0.3, 0.4) is 0 Å². The average molecular weight is 454 g/mol. The minimum absolute atomic E-state index is 0.0469. The van der Waals surface area contributed by atoms with E-state index in [0.717, 1.165) is 0 Å². The highest BCUT2D eigenvalue weighted by atomic mass is 32.2. The maximum absolute atomic E-state index is 13.7. The van der Waals surface area contributed by atoms with Crippen LogP contribution >= 0.6 is 11.8 Å². The van der Waals surface area contributed by atoms with Crippen LogP contribution in [0.25, 0.3) is 0 Å². The summed E-state index contributed by atoms with van der Waals surface area (Å²) in [6.07, 6.45) is 1.56. The molecule has 3 heterocycles. The van der Waals surface area contributed by atoms with Crippen molar-refractivity contribution in [3.8, 4) is 0 Å². The molecule has 11 heteroatoms. The Bertz CT molecular complexity index is 974.